The zero-order valence-electron chi connectivity index (χ0n) is 11.6. The quantitative estimate of drug-likeness (QED) is 0.846. The van der Waals surface area contributed by atoms with E-state index < -0.39 is 0 Å². The summed E-state index contributed by atoms with van der Waals surface area (Å²) in [6.07, 6.45) is 6.42. The summed E-state index contributed by atoms with van der Waals surface area (Å²) >= 11 is 0. The number of fused-ring (bicyclic) bond motifs is 1. The maximum atomic E-state index is 4.36. The highest BCUT2D eigenvalue weighted by atomic mass is 15.2. The van der Waals surface area contributed by atoms with Crippen molar-refractivity contribution in [3.05, 3.63) is 36.2 Å². The summed E-state index contributed by atoms with van der Waals surface area (Å²) in [4.78, 5) is 0. The SMILES string of the molecule is CCC(CC)C(C)NCc1cnn2ccccc12. The third-order valence-corrected chi connectivity index (χ3v) is 3.88. The van der Waals surface area contributed by atoms with Crippen LogP contribution in [-0.2, 0) is 6.54 Å². The van der Waals surface area contributed by atoms with Crippen molar-refractivity contribution in [2.75, 3.05) is 0 Å². The van der Waals surface area contributed by atoms with E-state index in [0.717, 1.165) is 12.5 Å². The van der Waals surface area contributed by atoms with Crippen molar-refractivity contribution in [1.29, 1.82) is 0 Å². The lowest BCUT2D eigenvalue weighted by Crippen LogP contribution is -2.32. The van der Waals surface area contributed by atoms with E-state index in [2.05, 4.69) is 43.3 Å². The first-order valence-corrected chi connectivity index (χ1v) is 6.90. The van der Waals surface area contributed by atoms with Crippen LogP contribution in [0.3, 0.4) is 0 Å². The summed E-state index contributed by atoms with van der Waals surface area (Å²) < 4.78 is 1.93. The Bertz CT molecular complexity index is 485. The van der Waals surface area contributed by atoms with Crippen LogP contribution in [0.15, 0.2) is 30.6 Å². The third kappa shape index (κ3) is 2.72. The van der Waals surface area contributed by atoms with Gasteiger partial charge in [0.05, 0.1) is 11.7 Å². The van der Waals surface area contributed by atoms with Gasteiger partial charge in [0.1, 0.15) is 0 Å². The Morgan fingerprint density at radius 2 is 2.06 bits per heavy atom. The Balaban J connectivity index is 2.02. The summed E-state index contributed by atoms with van der Waals surface area (Å²) in [6.45, 7) is 7.71. The van der Waals surface area contributed by atoms with Crippen LogP contribution in [0.5, 0.6) is 0 Å². The largest absolute Gasteiger partial charge is 0.310 e. The maximum absolute atomic E-state index is 4.36. The fraction of sp³-hybridized carbons (Fsp3) is 0.533. The summed E-state index contributed by atoms with van der Waals surface area (Å²) in [5, 5.41) is 7.98. The van der Waals surface area contributed by atoms with E-state index in [0.29, 0.717) is 6.04 Å². The average Bonchev–Trinajstić information content (AvgIpc) is 2.81. The molecule has 2 aromatic rings. The van der Waals surface area contributed by atoms with Crippen molar-refractivity contribution in [3.8, 4) is 0 Å². The molecule has 0 aliphatic heterocycles. The lowest BCUT2D eigenvalue weighted by Gasteiger charge is -2.22. The van der Waals surface area contributed by atoms with Crippen LogP contribution in [0, 0.1) is 5.92 Å². The summed E-state index contributed by atoms with van der Waals surface area (Å²) in [7, 11) is 0. The molecule has 0 amide bonds. The van der Waals surface area contributed by atoms with E-state index in [1.807, 2.05) is 23.0 Å². The fourth-order valence-corrected chi connectivity index (χ4v) is 2.56. The molecule has 0 saturated heterocycles. The molecular weight excluding hydrogens is 222 g/mol. The van der Waals surface area contributed by atoms with E-state index in [1.54, 1.807) is 0 Å². The zero-order valence-corrected chi connectivity index (χ0v) is 11.6. The molecule has 0 radical (unpaired) electrons. The average molecular weight is 245 g/mol. The molecule has 0 bridgehead atoms. The van der Waals surface area contributed by atoms with Crippen LogP contribution in [-0.4, -0.2) is 15.7 Å². The molecule has 98 valence electrons. The van der Waals surface area contributed by atoms with Crippen molar-refractivity contribution < 1.29 is 0 Å². The number of rotatable bonds is 6. The molecule has 1 N–H and O–H groups in total. The van der Waals surface area contributed by atoms with Gasteiger partial charge in [-0.15, -0.1) is 0 Å². The van der Waals surface area contributed by atoms with Crippen LogP contribution in [0.2, 0.25) is 0 Å². The number of hydrogen-bond acceptors (Lipinski definition) is 2. The van der Waals surface area contributed by atoms with Crippen LogP contribution >= 0.6 is 0 Å². The topological polar surface area (TPSA) is 29.3 Å². The lowest BCUT2D eigenvalue weighted by molar-refractivity contribution is 0.353. The minimum Gasteiger partial charge on any atom is -0.310 e. The predicted molar refractivity (Wildman–Crippen MR) is 75.6 cm³/mol. The van der Waals surface area contributed by atoms with E-state index in [-0.39, 0.29) is 0 Å². The molecular formula is C15H23N3. The molecule has 2 aromatic heterocycles. The Kier molecular flexibility index (Phi) is 4.37. The molecule has 0 fully saturated rings. The normalized spacial score (nSPS) is 13.3. The van der Waals surface area contributed by atoms with Gasteiger partial charge in [-0.25, -0.2) is 4.52 Å². The molecule has 1 atom stereocenters. The highest BCUT2D eigenvalue weighted by Gasteiger charge is 2.13. The Morgan fingerprint density at radius 1 is 1.28 bits per heavy atom. The van der Waals surface area contributed by atoms with Gasteiger partial charge in [0.15, 0.2) is 0 Å². The van der Waals surface area contributed by atoms with E-state index in [1.165, 1.54) is 23.9 Å². The van der Waals surface area contributed by atoms with E-state index >= 15 is 0 Å². The third-order valence-electron chi connectivity index (χ3n) is 3.88. The van der Waals surface area contributed by atoms with Gasteiger partial charge >= 0.3 is 0 Å². The van der Waals surface area contributed by atoms with Crippen LogP contribution in [0.4, 0.5) is 0 Å². The van der Waals surface area contributed by atoms with Gasteiger partial charge in [0, 0.05) is 24.3 Å². The summed E-state index contributed by atoms with van der Waals surface area (Å²) in [6, 6.07) is 6.74. The molecule has 1 unspecified atom stereocenters. The summed E-state index contributed by atoms with van der Waals surface area (Å²) in [5.74, 6) is 0.756. The molecule has 0 aliphatic carbocycles. The van der Waals surface area contributed by atoms with Gasteiger partial charge in [-0.1, -0.05) is 32.8 Å². The highest BCUT2D eigenvalue weighted by Crippen LogP contribution is 2.14. The number of hydrogen-bond donors (Lipinski definition) is 1. The van der Waals surface area contributed by atoms with Crippen LogP contribution in [0.1, 0.15) is 39.2 Å². The zero-order chi connectivity index (χ0) is 13.0. The molecule has 3 nitrogen and oxygen atoms in total. The smallest absolute Gasteiger partial charge is 0.0706 e. The van der Waals surface area contributed by atoms with Crippen molar-refractivity contribution in [2.45, 2.75) is 46.2 Å². The van der Waals surface area contributed by atoms with Gasteiger partial charge in [-0.05, 0) is 25.0 Å². The minimum absolute atomic E-state index is 0.554. The Hall–Kier alpha value is -1.35. The van der Waals surface area contributed by atoms with Crippen LogP contribution < -0.4 is 5.32 Å². The Morgan fingerprint density at radius 3 is 2.78 bits per heavy atom. The second-order valence-electron chi connectivity index (χ2n) is 4.95. The molecule has 0 saturated carbocycles. The number of nitrogens with one attached hydrogen (secondary N) is 1. The highest BCUT2D eigenvalue weighted by molar-refractivity contribution is 5.53. The van der Waals surface area contributed by atoms with Crippen molar-refractivity contribution in [1.82, 2.24) is 14.9 Å². The first-order chi connectivity index (χ1) is 8.76. The first kappa shape index (κ1) is 13.1. The molecule has 0 aliphatic rings. The Labute approximate surface area is 109 Å². The first-order valence-electron chi connectivity index (χ1n) is 6.90. The van der Waals surface area contributed by atoms with Crippen molar-refractivity contribution >= 4 is 5.52 Å². The monoisotopic (exact) mass is 245 g/mol. The molecule has 3 heteroatoms. The van der Waals surface area contributed by atoms with E-state index in [9.17, 15) is 0 Å². The van der Waals surface area contributed by atoms with Crippen LogP contribution in [0.25, 0.3) is 5.52 Å². The van der Waals surface area contributed by atoms with Gasteiger partial charge in [0.2, 0.25) is 0 Å². The molecule has 0 aromatic carbocycles. The number of pyridine rings is 1. The van der Waals surface area contributed by atoms with Gasteiger partial charge in [-0.2, -0.15) is 5.10 Å². The van der Waals surface area contributed by atoms with Gasteiger partial charge in [0.25, 0.3) is 0 Å². The molecule has 2 rings (SSSR count). The molecule has 2 heterocycles. The van der Waals surface area contributed by atoms with Gasteiger partial charge < -0.3 is 5.32 Å². The predicted octanol–water partition coefficient (Wildman–Crippen LogP) is 3.25. The molecule has 0 spiro atoms. The van der Waals surface area contributed by atoms with E-state index in [4.69, 9.17) is 0 Å². The second kappa shape index (κ2) is 6.01. The second-order valence-corrected chi connectivity index (χ2v) is 4.95. The fourth-order valence-electron chi connectivity index (χ4n) is 2.56. The van der Waals surface area contributed by atoms with Crippen molar-refractivity contribution in [2.24, 2.45) is 5.92 Å². The van der Waals surface area contributed by atoms with Gasteiger partial charge in [-0.3, -0.25) is 0 Å². The maximum Gasteiger partial charge on any atom is 0.0706 e. The number of aromatic nitrogens is 2. The minimum atomic E-state index is 0.554. The lowest BCUT2D eigenvalue weighted by atomic mass is 9.95. The molecule has 18 heavy (non-hydrogen) atoms. The van der Waals surface area contributed by atoms with Crippen molar-refractivity contribution in [3.63, 3.8) is 0 Å². The standard InChI is InChI=1S/C15H23N3/c1-4-13(5-2)12(3)16-10-14-11-17-18-9-7-6-8-15(14)18/h6-9,11-13,16H,4-5,10H2,1-3H3. The summed E-state index contributed by atoms with van der Waals surface area (Å²) in [5.41, 5.74) is 2.47. The number of nitrogens with zero attached hydrogens (tertiary/aromatic N) is 2.